The van der Waals surface area contributed by atoms with E-state index in [2.05, 4.69) is 5.32 Å². The highest BCUT2D eigenvalue weighted by Gasteiger charge is 2.35. The van der Waals surface area contributed by atoms with E-state index in [0.29, 0.717) is 6.07 Å². The first-order valence-corrected chi connectivity index (χ1v) is 9.11. The van der Waals surface area contributed by atoms with Crippen LogP contribution in [0.5, 0.6) is 0 Å². The van der Waals surface area contributed by atoms with Gasteiger partial charge < -0.3 is 5.32 Å². The third kappa shape index (κ3) is 4.80. The fourth-order valence-corrected chi connectivity index (χ4v) is 3.46. The van der Waals surface area contributed by atoms with Gasteiger partial charge in [0, 0.05) is 12.6 Å². The van der Waals surface area contributed by atoms with Gasteiger partial charge in [0.15, 0.2) is 0 Å². The Kier molecular flexibility index (Phi) is 5.74. The summed E-state index contributed by atoms with van der Waals surface area (Å²) < 4.78 is 66.4. The van der Waals surface area contributed by atoms with E-state index in [1.807, 2.05) is 4.72 Å². The Bertz CT molecular complexity index is 963. The van der Waals surface area contributed by atoms with Crippen molar-refractivity contribution in [2.75, 3.05) is 10.0 Å². The van der Waals surface area contributed by atoms with Crippen LogP contribution in [0, 0.1) is 0 Å². The van der Waals surface area contributed by atoms with Crippen LogP contribution in [-0.4, -0.2) is 14.3 Å². The van der Waals surface area contributed by atoms with Crippen molar-refractivity contribution in [1.29, 1.82) is 0 Å². The molecule has 2 rings (SSSR count). The Balaban J connectivity index is 2.47. The summed E-state index contributed by atoms with van der Waals surface area (Å²) in [7, 11) is -4.35. The van der Waals surface area contributed by atoms with Gasteiger partial charge in [-0.3, -0.25) is 9.52 Å². The summed E-state index contributed by atoms with van der Waals surface area (Å²) in [5.41, 5.74) is -2.08. The summed E-state index contributed by atoms with van der Waals surface area (Å²) in [6.45, 7) is 1.13. The average molecular weight is 427 g/mol. The maximum absolute atomic E-state index is 13.3. The first-order valence-electron chi connectivity index (χ1n) is 6.87. The lowest BCUT2D eigenvalue weighted by atomic mass is 10.1. The molecule has 0 unspecified atom stereocenters. The fourth-order valence-electron chi connectivity index (χ4n) is 2.00. The van der Waals surface area contributed by atoms with E-state index in [0.717, 1.165) is 31.2 Å². The van der Waals surface area contributed by atoms with Crippen LogP contribution in [0.3, 0.4) is 0 Å². The molecule has 5 nitrogen and oxygen atoms in total. The molecule has 2 aromatic carbocycles. The molecule has 11 heteroatoms. The first-order chi connectivity index (χ1) is 11.9. The molecule has 2 N–H and O–H groups in total. The number of hydrogen-bond acceptors (Lipinski definition) is 3. The number of carbonyl (C=O) groups is 1. The van der Waals surface area contributed by atoms with Crippen molar-refractivity contribution in [1.82, 2.24) is 0 Å². The van der Waals surface area contributed by atoms with Gasteiger partial charge >= 0.3 is 6.18 Å². The Labute approximate surface area is 157 Å². The molecule has 0 saturated carbocycles. The van der Waals surface area contributed by atoms with E-state index in [9.17, 15) is 26.4 Å². The summed E-state index contributed by atoms with van der Waals surface area (Å²) in [4.78, 5) is 10.6. The Morgan fingerprint density at radius 3 is 2.23 bits per heavy atom. The minimum atomic E-state index is -4.86. The number of rotatable bonds is 4. The van der Waals surface area contributed by atoms with Gasteiger partial charge in [-0.25, -0.2) is 8.42 Å². The second kappa shape index (κ2) is 7.34. The second-order valence-corrected chi connectivity index (χ2v) is 7.62. The largest absolute Gasteiger partial charge is 0.418 e. The van der Waals surface area contributed by atoms with Crippen LogP contribution in [0.1, 0.15) is 12.5 Å². The van der Waals surface area contributed by atoms with Crippen LogP contribution in [0.2, 0.25) is 10.0 Å². The van der Waals surface area contributed by atoms with Crippen LogP contribution in [-0.2, 0) is 21.0 Å². The molecule has 1 amide bonds. The summed E-state index contributed by atoms with van der Waals surface area (Å²) in [5, 5.41) is 2.24. The van der Waals surface area contributed by atoms with Crippen molar-refractivity contribution in [2.24, 2.45) is 0 Å². The Morgan fingerprint density at radius 2 is 1.69 bits per heavy atom. The van der Waals surface area contributed by atoms with E-state index in [-0.39, 0.29) is 20.6 Å². The number of anilines is 2. The van der Waals surface area contributed by atoms with E-state index in [1.165, 1.54) is 6.07 Å². The van der Waals surface area contributed by atoms with Gasteiger partial charge in [0.05, 0.1) is 26.2 Å². The molecule has 26 heavy (non-hydrogen) atoms. The molecule has 0 heterocycles. The molecule has 0 radical (unpaired) electrons. The van der Waals surface area contributed by atoms with Crippen molar-refractivity contribution in [3.63, 3.8) is 0 Å². The molecule has 0 aromatic heterocycles. The number of halogens is 5. The van der Waals surface area contributed by atoms with Crippen LogP contribution >= 0.6 is 23.2 Å². The zero-order valence-electron chi connectivity index (χ0n) is 13.0. The van der Waals surface area contributed by atoms with Gasteiger partial charge in [-0.2, -0.15) is 13.2 Å². The summed E-state index contributed by atoms with van der Waals surface area (Å²) >= 11 is 11.5. The lowest BCUT2D eigenvalue weighted by molar-refractivity contribution is -0.136. The molecule has 0 saturated heterocycles. The predicted molar refractivity (Wildman–Crippen MR) is 93.0 cm³/mol. The van der Waals surface area contributed by atoms with Gasteiger partial charge in [0.25, 0.3) is 10.0 Å². The normalized spacial score (nSPS) is 11.9. The highest BCUT2D eigenvalue weighted by atomic mass is 35.5. The van der Waals surface area contributed by atoms with Crippen molar-refractivity contribution in [2.45, 2.75) is 18.0 Å². The maximum atomic E-state index is 13.3. The van der Waals surface area contributed by atoms with E-state index < -0.39 is 33.4 Å². The van der Waals surface area contributed by atoms with E-state index in [1.54, 1.807) is 0 Å². The third-order valence-corrected chi connectivity index (χ3v) is 5.19. The molecular weight excluding hydrogens is 416 g/mol. The van der Waals surface area contributed by atoms with Gasteiger partial charge in [-0.05, 0) is 36.4 Å². The number of amides is 1. The highest BCUT2D eigenvalue weighted by molar-refractivity contribution is 7.92. The van der Waals surface area contributed by atoms with Crippen LogP contribution in [0.25, 0.3) is 0 Å². The van der Waals surface area contributed by atoms with Crippen molar-refractivity contribution >= 4 is 50.5 Å². The smallest absolute Gasteiger partial charge is 0.326 e. The van der Waals surface area contributed by atoms with E-state index in [4.69, 9.17) is 23.2 Å². The Hall–Kier alpha value is -1.97. The van der Waals surface area contributed by atoms with Gasteiger partial charge in [-0.1, -0.05) is 23.2 Å². The molecule has 2 aromatic rings. The SMILES string of the molecule is CC(=O)Nc1ccc(NS(=O)(=O)c2ccc(Cl)c(Cl)c2)c(C(F)(F)F)c1. The maximum Gasteiger partial charge on any atom is 0.418 e. The van der Waals surface area contributed by atoms with Crippen molar-refractivity contribution in [3.8, 4) is 0 Å². The summed E-state index contributed by atoms with van der Waals surface area (Å²) in [5.74, 6) is -0.567. The van der Waals surface area contributed by atoms with Crippen molar-refractivity contribution < 1.29 is 26.4 Å². The molecule has 0 fully saturated rings. The number of benzene rings is 2. The number of hydrogen-bond donors (Lipinski definition) is 2. The first kappa shape index (κ1) is 20.3. The molecule has 0 spiro atoms. The molecule has 0 aliphatic heterocycles. The molecule has 0 atom stereocenters. The Morgan fingerprint density at radius 1 is 1.04 bits per heavy atom. The topological polar surface area (TPSA) is 75.3 Å². The number of sulfonamides is 1. The summed E-state index contributed by atoms with van der Waals surface area (Å²) in [6, 6.07) is 6.02. The second-order valence-electron chi connectivity index (χ2n) is 5.12. The molecule has 0 aliphatic carbocycles. The average Bonchev–Trinajstić information content (AvgIpc) is 2.49. The van der Waals surface area contributed by atoms with Gasteiger partial charge in [0.1, 0.15) is 0 Å². The molecular formula is C15H11Cl2F3N2O3S. The highest BCUT2D eigenvalue weighted by Crippen LogP contribution is 2.37. The lowest BCUT2D eigenvalue weighted by Gasteiger charge is -2.16. The molecule has 140 valence electrons. The molecule has 0 bridgehead atoms. The van der Waals surface area contributed by atoms with Crippen molar-refractivity contribution in [3.05, 3.63) is 52.0 Å². The predicted octanol–water partition coefficient (Wildman–Crippen LogP) is 4.77. The van der Waals surface area contributed by atoms with E-state index >= 15 is 0 Å². The minimum absolute atomic E-state index is 0.0633. The number of carbonyl (C=O) groups excluding carboxylic acids is 1. The van der Waals surface area contributed by atoms with Gasteiger partial charge in [-0.15, -0.1) is 0 Å². The minimum Gasteiger partial charge on any atom is -0.326 e. The third-order valence-electron chi connectivity index (χ3n) is 3.09. The molecule has 0 aliphatic rings. The number of nitrogens with one attached hydrogen (secondary N) is 2. The van der Waals surface area contributed by atoms with Crippen LogP contribution < -0.4 is 10.0 Å². The monoisotopic (exact) mass is 426 g/mol. The zero-order valence-corrected chi connectivity index (χ0v) is 15.3. The quantitative estimate of drug-likeness (QED) is 0.738. The zero-order chi connectivity index (χ0) is 19.7. The lowest BCUT2D eigenvalue weighted by Crippen LogP contribution is -2.18. The van der Waals surface area contributed by atoms with Gasteiger partial charge in [0.2, 0.25) is 5.91 Å². The van der Waals surface area contributed by atoms with Crippen LogP contribution in [0.4, 0.5) is 24.5 Å². The summed E-state index contributed by atoms with van der Waals surface area (Å²) in [6.07, 6.45) is -4.86. The standard InChI is InChI=1S/C15H11Cl2F3N2O3S/c1-8(23)21-9-2-5-14(11(6-9)15(18,19)20)22-26(24,25)10-3-4-12(16)13(17)7-10/h2-7,22H,1H3,(H,21,23). The number of alkyl halides is 3. The van der Waals surface area contributed by atoms with Crippen LogP contribution in [0.15, 0.2) is 41.3 Å². The fraction of sp³-hybridized carbons (Fsp3) is 0.133.